The summed E-state index contributed by atoms with van der Waals surface area (Å²) in [6, 6.07) is 0. The van der Waals surface area contributed by atoms with Crippen LogP contribution in [0, 0.1) is 0 Å². The minimum absolute atomic E-state index is 0.0432. The maximum atomic E-state index is 10.9. The first-order valence-corrected chi connectivity index (χ1v) is 5.66. The van der Waals surface area contributed by atoms with Crippen LogP contribution in [0.1, 0.15) is 0 Å². The molecule has 0 fully saturated rings. The van der Waals surface area contributed by atoms with E-state index in [1.807, 2.05) is 0 Å². The van der Waals surface area contributed by atoms with E-state index >= 15 is 0 Å². The number of hydrogen-bond acceptors (Lipinski definition) is 4. The van der Waals surface area contributed by atoms with Gasteiger partial charge >= 0.3 is 16.1 Å². The zero-order valence-electron chi connectivity index (χ0n) is 9.00. The summed E-state index contributed by atoms with van der Waals surface area (Å²) in [5.41, 5.74) is -1.57. The second-order valence-electron chi connectivity index (χ2n) is 4.06. The van der Waals surface area contributed by atoms with Crippen molar-refractivity contribution in [2.75, 3.05) is 27.7 Å². The minimum Gasteiger partial charge on any atom is -0.434 e. The molecular formula is C8H16NO5S+. The van der Waals surface area contributed by atoms with Crippen LogP contribution >= 0.6 is 0 Å². The molecule has 0 aromatic rings. The van der Waals surface area contributed by atoms with Crippen LogP contribution in [0.15, 0.2) is 12.7 Å². The van der Waals surface area contributed by atoms with Crippen molar-refractivity contribution < 1.29 is 27.0 Å². The van der Waals surface area contributed by atoms with Crippen molar-refractivity contribution in [3.63, 3.8) is 0 Å². The van der Waals surface area contributed by atoms with Crippen molar-refractivity contribution in [1.82, 2.24) is 0 Å². The fraction of sp³-hybridized carbons (Fsp3) is 0.625. The number of rotatable bonds is 5. The van der Waals surface area contributed by atoms with Crippen LogP contribution in [0.5, 0.6) is 0 Å². The van der Waals surface area contributed by atoms with Gasteiger partial charge in [-0.25, -0.2) is 4.79 Å². The van der Waals surface area contributed by atoms with Gasteiger partial charge in [-0.05, 0) is 0 Å². The molecule has 6 nitrogen and oxygen atoms in total. The molecule has 0 aliphatic rings. The Morgan fingerprint density at radius 1 is 1.53 bits per heavy atom. The van der Waals surface area contributed by atoms with Gasteiger partial charge in [-0.1, -0.05) is 6.58 Å². The van der Waals surface area contributed by atoms with Gasteiger partial charge in [-0.15, -0.1) is 0 Å². The fourth-order valence-corrected chi connectivity index (χ4v) is 1.67. The van der Waals surface area contributed by atoms with E-state index < -0.39 is 21.5 Å². The Morgan fingerprint density at radius 2 is 2.00 bits per heavy atom. The topological polar surface area (TPSA) is 80.7 Å². The molecule has 0 aliphatic heterocycles. The summed E-state index contributed by atoms with van der Waals surface area (Å²) in [5, 5.41) is 0. The average molecular weight is 238 g/mol. The lowest BCUT2D eigenvalue weighted by Gasteiger charge is -2.27. The van der Waals surface area contributed by atoms with Gasteiger partial charge in [0.15, 0.2) is 0 Å². The molecule has 0 saturated heterocycles. The Balaban J connectivity index is 4.77. The molecule has 0 rings (SSSR count). The van der Waals surface area contributed by atoms with Gasteiger partial charge in [0.25, 0.3) is 5.44 Å². The van der Waals surface area contributed by atoms with Crippen LogP contribution < -0.4 is 0 Å². The molecule has 15 heavy (non-hydrogen) atoms. The van der Waals surface area contributed by atoms with E-state index in [1.165, 1.54) is 0 Å². The second-order valence-corrected chi connectivity index (χ2v) is 5.61. The first-order valence-electron chi connectivity index (χ1n) is 4.16. The van der Waals surface area contributed by atoms with E-state index in [0.717, 1.165) is 6.08 Å². The largest absolute Gasteiger partial charge is 0.434 e. The summed E-state index contributed by atoms with van der Waals surface area (Å²) in [5.74, 6) is -0.883. The van der Waals surface area contributed by atoms with Crippen molar-refractivity contribution in [3.05, 3.63) is 12.7 Å². The highest BCUT2D eigenvalue weighted by Gasteiger charge is 2.32. The van der Waals surface area contributed by atoms with E-state index in [0.29, 0.717) is 0 Å². The van der Waals surface area contributed by atoms with Crippen LogP contribution in [0.3, 0.4) is 0 Å². The van der Waals surface area contributed by atoms with Crippen molar-refractivity contribution in [2.45, 2.75) is 5.44 Å². The number of quaternary nitrogens is 1. The molecule has 0 bridgehead atoms. The van der Waals surface area contributed by atoms with E-state index in [1.54, 1.807) is 21.1 Å². The second kappa shape index (κ2) is 4.73. The average Bonchev–Trinajstić information content (AvgIpc) is 1.98. The summed E-state index contributed by atoms with van der Waals surface area (Å²) >= 11 is 0. The number of ether oxygens (including phenoxy) is 1. The van der Waals surface area contributed by atoms with E-state index in [9.17, 15) is 13.2 Å². The Kier molecular flexibility index (Phi) is 4.44. The highest BCUT2D eigenvalue weighted by molar-refractivity contribution is 7.86. The summed E-state index contributed by atoms with van der Waals surface area (Å²) in [7, 11) is 0.715. The van der Waals surface area contributed by atoms with Crippen LogP contribution in [0.4, 0.5) is 0 Å². The van der Waals surface area contributed by atoms with Crippen molar-refractivity contribution in [1.29, 1.82) is 0 Å². The van der Waals surface area contributed by atoms with Crippen LogP contribution in [0.25, 0.3) is 0 Å². The molecule has 0 aromatic heterocycles. The van der Waals surface area contributed by atoms with Gasteiger partial charge in [-0.2, -0.15) is 8.42 Å². The summed E-state index contributed by atoms with van der Waals surface area (Å²) in [4.78, 5) is 10.8. The third kappa shape index (κ3) is 6.21. The molecule has 7 heteroatoms. The zero-order valence-corrected chi connectivity index (χ0v) is 9.82. The van der Waals surface area contributed by atoms with Crippen LogP contribution in [-0.4, -0.2) is 56.5 Å². The predicted molar refractivity (Wildman–Crippen MR) is 54.5 cm³/mol. The van der Waals surface area contributed by atoms with E-state index in [2.05, 4.69) is 11.3 Å². The third-order valence-electron chi connectivity index (χ3n) is 1.44. The summed E-state index contributed by atoms with van der Waals surface area (Å²) in [6.45, 7) is 3.09. The molecule has 0 radical (unpaired) electrons. The highest BCUT2D eigenvalue weighted by Crippen LogP contribution is 2.07. The number of likely N-dealkylation sites (N-methyl/N-ethyl adjacent to an activating group) is 1. The Morgan fingerprint density at radius 3 is 2.27 bits per heavy atom. The predicted octanol–water partition coefficient (Wildman–Crippen LogP) is -0.364. The SMILES string of the molecule is C=CC(=O)OC(C[N+](C)(C)C)S(=O)(=O)O. The lowest BCUT2D eigenvalue weighted by Crippen LogP contribution is -2.46. The maximum absolute atomic E-state index is 10.9. The zero-order chi connectivity index (χ0) is 12.3. The lowest BCUT2D eigenvalue weighted by atomic mass is 10.5. The first kappa shape index (κ1) is 14.1. The number of carbonyl (C=O) groups is 1. The molecule has 0 saturated carbocycles. The van der Waals surface area contributed by atoms with Crippen molar-refractivity contribution >= 4 is 16.1 Å². The molecule has 1 unspecified atom stereocenters. The number of nitrogens with zero attached hydrogens (tertiary/aromatic N) is 1. The Labute approximate surface area is 89.5 Å². The fourth-order valence-electron chi connectivity index (χ4n) is 0.817. The molecule has 0 spiro atoms. The van der Waals surface area contributed by atoms with Crippen molar-refractivity contribution in [2.24, 2.45) is 0 Å². The molecular weight excluding hydrogens is 222 g/mol. The Bertz CT molecular complexity index is 341. The monoisotopic (exact) mass is 238 g/mol. The van der Waals surface area contributed by atoms with Gasteiger partial charge in [0, 0.05) is 6.08 Å². The number of hydrogen-bond donors (Lipinski definition) is 1. The quantitative estimate of drug-likeness (QED) is 0.306. The number of esters is 1. The summed E-state index contributed by atoms with van der Waals surface area (Å²) < 4.78 is 35.4. The molecule has 1 N–H and O–H groups in total. The standard InChI is InChI=1S/C8H15NO5S/c1-5-7(10)14-8(15(11,12)13)6-9(2,3)4/h5,8H,1,6H2,2-4H3/p+1. The maximum Gasteiger partial charge on any atom is 0.331 e. The lowest BCUT2D eigenvalue weighted by molar-refractivity contribution is -0.871. The van der Waals surface area contributed by atoms with Gasteiger partial charge in [0.1, 0.15) is 6.54 Å². The van der Waals surface area contributed by atoms with E-state index in [-0.39, 0.29) is 11.0 Å². The molecule has 0 heterocycles. The molecule has 1 atom stereocenters. The Hall–Kier alpha value is -0.920. The van der Waals surface area contributed by atoms with Crippen molar-refractivity contribution in [3.8, 4) is 0 Å². The number of carbonyl (C=O) groups excluding carboxylic acids is 1. The molecule has 0 amide bonds. The van der Waals surface area contributed by atoms with Gasteiger partial charge in [0.05, 0.1) is 21.1 Å². The van der Waals surface area contributed by atoms with Crippen LogP contribution in [0.2, 0.25) is 0 Å². The molecule has 0 aromatic carbocycles. The smallest absolute Gasteiger partial charge is 0.331 e. The first-order chi connectivity index (χ1) is 6.56. The van der Waals surface area contributed by atoms with Gasteiger partial charge < -0.3 is 9.22 Å². The highest BCUT2D eigenvalue weighted by atomic mass is 32.2. The minimum atomic E-state index is -4.41. The molecule has 0 aliphatic carbocycles. The van der Waals surface area contributed by atoms with Gasteiger partial charge in [0.2, 0.25) is 0 Å². The van der Waals surface area contributed by atoms with Crippen LogP contribution in [-0.2, 0) is 19.6 Å². The van der Waals surface area contributed by atoms with Gasteiger partial charge in [-0.3, -0.25) is 4.55 Å². The summed E-state index contributed by atoms with van der Waals surface area (Å²) in [6.07, 6.45) is 0.841. The normalized spacial score (nSPS) is 14.4. The van der Waals surface area contributed by atoms with E-state index in [4.69, 9.17) is 4.55 Å². The molecule has 88 valence electrons. The third-order valence-corrected chi connectivity index (χ3v) is 2.35.